The summed E-state index contributed by atoms with van der Waals surface area (Å²) in [4.78, 5) is 18.2. The summed E-state index contributed by atoms with van der Waals surface area (Å²) in [5.74, 6) is -1.42. The third-order valence-electron chi connectivity index (χ3n) is 7.22. The minimum atomic E-state index is -0.708. The molecule has 1 saturated heterocycles. The molecule has 3 aromatic rings. The Morgan fingerprint density at radius 3 is 2.65 bits per heavy atom. The van der Waals surface area contributed by atoms with E-state index in [4.69, 9.17) is 9.47 Å². The van der Waals surface area contributed by atoms with E-state index < -0.39 is 17.7 Å². The van der Waals surface area contributed by atoms with Crippen LogP contribution in [0, 0.1) is 18.6 Å². The van der Waals surface area contributed by atoms with Gasteiger partial charge in [-0.25, -0.2) is 18.6 Å². The number of hydrogen-bond acceptors (Lipinski definition) is 6. The molecule has 2 N–H and O–H groups in total. The zero-order valence-corrected chi connectivity index (χ0v) is 21.0. The molecule has 2 fully saturated rings. The number of anilines is 1. The maximum absolute atomic E-state index is 15.5. The predicted octanol–water partition coefficient (Wildman–Crippen LogP) is 4.31. The molecule has 0 bridgehead atoms. The molecule has 1 atom stereocenters. The van der Waals surface area contributed by atoms with Gasteiger partial charge in [-0.15, -0.1) is 0 Å². The SMILES string of the molecule is COC(=O)N1CCO[C@@H](Cc2c(-c3c(F)cc(NC4CCC(O)CC4)cc3F)nc3cc(C)ccn23)C1. The van der Waals surface area contributed by atoms with Gasteiger partial charge in [0.2, 0.25) is 0 Å². The van der Waals surface area contributed by atoms with E-state index in [0.717, 1.165) is 18.4 Å². The molecule has 8 nitrogen and oxygen atoms in total. The average Bonchev–Trinajstić information content (AvgIpc) is 3.21. The van der Waals surface area contributed by atoms with Gasteiger partial charge >= 0.3 is 6.09 Å². The summed E-state index contributed by atoms with van der Waals surface area (Å²) in [7, 11) is 1.33. The van der Waals surface area contributed by atoms with E-state index >= 15 is 8.78 Å². The minimum absolute atomic E-state index is 0.0583. The number of halogens is 2. The number of amides is 1. The zero-order chi connectivity index (χ0) is 26.1. The summed E-state index contributed by atoms with van der Waals surface area (Å²) in [6.07, 6.45) is 3.83. The van der Waals surface area contributed by atoms with Gasteiger partial charge in [0, 0.05) is 30.9 Å². The van der Waals surface area contributed by atoms with Crippen LogP contribution in [0.5, 0.6) is 0 Å². The van der Waals surface area contributed by atoms with Gasteiger partial charge in [0.25, 0.3) is 0 Å². The summed E-state index contributed by atoms with van der Waals surface area (Å²) in [5.41, 5.74) is 2.54. The number of carbonyl (C=O) groups is 1. The van der Waals surface area contributed by atoms with Crippen molar-refractivity contribution < 1.29 is 28.2 Å². The zero-order valence-electron chi connectivity index (χ0n) is 21.0. The fourth-order valence-electron chi connectivity index (χ4n) is 5.28. The highest BCUT2D eigenvalue weighted by molar-refractivity contribution is 5.71. The average molecular weight is 515 g/mol. The Balaban J connectivity index is 1.48. The van der Waals surface area contributed by atoms with Gasteiger partial charge in [0.05, 0.1) is 49.4 Å². The van der Waals surface area contributed by atoms with Crippen molar-refractivity contribution in [2.75, 3.05) is 32.1 Å². The number of pyridine rings is 1. The van der Waals surface area contributed by atoms with Crippen molar-refractivity contribution in [3.63, 3.8) is 0 Å². The minimum Gasteiger partial charge on any atom is -0.453 e. The molecule has 1 saturated carbocycles. The molecule has 2 aliphatic rings. The molecular formula is C27H32F2N4O4. The van der Waals surface area contributed by atoms with Gasteiger partial charge in [-0.05, 0) is 62.4 Å². The lowest BCUT2D eigenvalue weighted by atomic mass is 9.93. The number of carbonyl (C=O) groups excluding carboxylic acids is 1. The van der Waals surface area contributed by atoms with Gasteiger partial charge in [0.1, 0.15) is 17.3 Å². The summed E-state index contributed by atoms with van der Waals surface area (Å²) in [6.45, 7) is 2.99. The Morgan fingerprint density at radius 2 is 1.95 bits per heavy atom. The van der Waals surface area contributed by atoms with E-state index in [0.29, 0.717) is 56.0 Å². The maximum atomic E-state index is 15.5. The Morgan fingerprint density at radius 1 is 1.22 bits per heavy atom. The van der Waals surface area contributed by atoms with Crippen LogP contribution in [-0.4, -0.2) is 70.5 Å². The highest BCUT2D eigenvalue weighted by Gasteiger charge is 2.29. The van der Waals surface area contributed by atoms with Crippen molar-refractivity contribution in [3.8, 4) is 11.3 Å². The van der Waals surface area contributed by atoms with E-state index in [1.807, 2.05) is 29.7 Å². The fraction of sp³-hybridized carbons (Fsp3) is 0.481. The van der Waals surface area contributed by atoms with Gasteiger partial charge in [-0.2, -0.15) is 0 Å². The standard InChI is InChI=1S/C27H32F2N4O4/c1-16-7-8-33-23(14-20-15-32(9-10-37-20)27(35)36-2)26(31-24(33)11-16)25-21(28)12-18(13-22(25)29)30-17-3-5-19(34)6-4-17/h7-8,11-13,17,19-20,30,34H,3-6,9-10,14-15H2,1-2H3/t17?,19?,20-/m0/s1. The number of imidazole rings is 1. The monoisotopic (exact) mass is 514 g/mol. The third kappa shape index (κ3) is 5.40. The number of morpholine rings is 1. The Hall–Kier alpha value is -3.24. The molecular weight excluding hydrogens is 482 g/mol. The molecule has 2 aromatic heterocycles. The lowest BCUT2D eigenvalue weighted by Crippen LogP contribution is -2.46. The molecule has 198 valence electrons. The molecule has 3 heterocycles. The molecule has 1 aliphatic carbocycles. The highest BCUT2D eigenvalue weighted by Crippen LogP contribution is 2.34. The number of aliphatic hydroxyl groups excluding tert-OH is 1. The topological polar surface area (TPSA) is 88.3 Å². The number of benzene rings is 1. The predicted molar refractivity (Wildman–Crippen MR) is 135 cm³/mol. The van der Waals surface area contributed by atoms with Crippen LogP contribution >= 0.6 is 0 Å². The number of aryl methyl sites for hydroxylation is 1. The van der Waals surface area contributed by atoms with E-state index in [1.54, 1.807) is 4.90 Å². The molecule has 37 heavy (non-hydrogen) atoms. The number of fused-ring (bicyclic) bond motifs is 1. The first kappa shape index (κ1) is 25.4. The van der Waals surface area contributed by atoms with Gasteiger partial charge in [-0.3, -0.25) is 0 Å². The summed E-state index contributed by atoms with van der Waals surface area (Å²) < 4.78 is 43.6. The van der Waals surface area contributed by atoms with Crippen molar-refractivity contribution in [1.29, 1.82) is 0 Å². The number of aliphatic hydroxyl groups is 1. The number of nitrogens with one attached hydrogen (secondary N) is 1. The quantitative estimate of drug-likeness (QED) is 0.528. The molecule has 1 aromatic carbocycles. The number of hydrogen-bond donors (Lipinski definition) is 2. The van der Waals surface area contributed by atoms with Crippen LogP contribution < -0.4 is 5.32 Å². The number of nitrogens with zero attached hydrogens (tertiary/aromatic N) is 3. The second kappa shape index (κ2) is 10.6. The normalized spacial score (nSPS) is 22.3. The molecule has 0 unspecified atom stereocenters. The first-order valence-electron chi connectivity index (χ1n) is 12.7. The van der Waals surface area contributed by atoms with E-state index in [2.05, 4.69) is 10.3 Å². The Kier molecular flexibility index (Phi) is 7.30. The Labute approximate surface area is 214 Å². The lowest BCUT2D eigenvalue weighted by molar-refractivity contribution is -0.0241. The molecule has 0 spiro atoms. The van der Waals surface area contributed by atoms with Gasteiger partial charge < -0.3 is 29.2 Å². The van der Waals surface area contributed by atoms with Crippen LogP contribution in [0.3, 0.4) is 0 Å². The first-order chi connectivity index (χ1) is 17.8. The molecule has 5 rings (SSSR count). The van der Waals surface area contributed by atoms with Crippen molar-refractivity contribution in [3.05, 3.63) is 53.4 Å². The van der Waals surface area contributed by atoms with Gasteiger partial charge in [0.15, 0.2) is 0 Å². The first-order valence-corrected chi connectivity index (χ1v) is 12.7. The molecule has 10 heteroatoms. The Bertz CT molecular complexity index is 1270. The number of aromatic nitrogens is 2. The second-order valence-corrected chi connectivity index (χ2v) is 9.92. The molecule has 0 radical (unpaired) electrons. The summed E-state index contributed by atoms with van der Waals surface area (Å²) in [6, 6.07) is 6.43. The van der Waals surface area contributed by atoms with Crippen LogP contribution in [0.15, 0.2) is 30.5 Å². The van der Waals surface area contributed by atoms with E-state index in [9.17, 15) is 9.90 Å². The molecule has 1 amide bonds. The van der Waals surface area contributed by atoms with E-state index in [1.165, 1.54) is 19.2 Å². The van der Waals surface area contributed by atoms with Crippen LogP contribution in [0.1, 0.15) is 36.9 Å². The number of methoxy groups -OCH3 is 1. The summed E-state index contributed by atoms with van der Waals surface area (Å²) in [5, 5.41) is 12.9. The smallest absolute Gasteiger partial charge is 0.409 e. The van der Waals surface area contributed by atoms with Crippen molar-refractivity contribution in [2.24, 2.45) is 0 Å². The van der Waals surface area contributed by atoms with Crippen molar-refractivity contribution >= 4 is 17.4 Å². The van der Waals surface area contributed by atoms with Crippen molar-refractivity contribution in [1.82, 2.24) is 14.3 Å². The summed E-state index contributed by atoms with van der Waals surface area (Å²) >= 11 is 0. The molecule has 1 aliphatic heterocycles. The fourth-order valence-corrected chi connectivity index (χ4v) is 5.28. The third-order valence-corrected chi connectivity index (χ3v) is 7.22. The number of ether oxygens (including phenoxy) is 2. The van der Waals surface area contributed by atoms with Crippen LogP contribution in [0.25, 0.3) is 16.9 Å². The van der Waals surface area contributed by atoms with Crippen LogP contribution in [0.2, 0.25) is 0 Å². The van der Waals surface area contributed by atoms with E-state index in [-0.39, 0.29) is 29.5 Å². The van der Waals surface area contributed by atoms with Gasteiger partial charge in [-0.1, -0.05) is 0 Å². The maximum Gasteiger partial charge on any atom is 0.409 e. The van der Waals surface area contributed by atoms with Crippen LogP contribution in [0.4, 0.5) is 19.3 Å². The lowest BCUT2D eigenvalue weighted by Gasteiger charge is -2.32. The largest absolute Gasteiger partial charge is 0.453 e. The van der Waals surface area contributed by atoms with Crippen LogP contribution in [-0.2, 0) is 15.9 Å². The van der Waals surface area contributed by atoms with Crippen molar-refractivity contribution in [2.45, 2.75) is 57.3 Å². The number of rotatable bonds is 5. The second-order valence-electron chi connectivity index (χ2n) is 9.92. The highest BCUT2D eigenvalue weighted by atomic mass is 19.1.